The van der Waals surface area contributed by atoms with Crippen molar-refractivity contribution < 1.29 is 23.8 Å². The van der Waals surface area contributed by atoms with Gasteiger partial charge in [0, 0.05) is 37.5 Å². The number of nitrogens with zero attached hydrogens (tertiary/aromatic N) is 1. The van der Waals surface area contributed by atoms with Crippen molar-refractivity contribution in [3.05, 3.63) is 65.9 Å². The molecule has 0 saturated carbocycles. The lowest BCUT2D eigenvalue weighted by atomic mass is 10.0. The number of para-hydroxylation sites is 1. The number of H-pyrrole nitrogens is 1. The first-order valence-electron chi connectivity index (χ1n) is 10.9. The van der Waals surface area contributed by atoms with Crippen molar-refractivity contribution in [2.75, 3.05) is 32.7 Å². The van der Waals surface area contributed by atoms with Gasteiger partial charge in [-0.05, 0) is 31.5 Å². The van der Waals surface area contributed by atoms with E-state index in [0.29, 0.717) is 48.0 Å². The number of hydrogen-bond donors (Lipinski definition) is 4. The van der Waals surface area contributed by atoms with Crippen LogP contribution in [0.3, 0.4) is 0 Å². The number of allylic oxidation sites excluding steroid dienone is 1. The van der Waals surface area contributed by atoms with Gasteiger partial charge in [-0.15, -0.1) is 0 Å². The second kappa shape index (κ2) is 11.9. The molecule has 0 aliphatic carbocycles. The molecule has 0 radical (unpaired) electrons. The zero-order valence-corrected chi connectivity index (χ0v) is 19.4. The number of amides is 1. The molecule has 0 unspecified atom stereocenters. The molecule has 0 bridgehead atoms. The van der Waals surface area contributed by atoms with Crippen LogP contribution >= 0.6 is 0 Å². The van der Waals surface area contributed by atoms with Gasteiger partial charge in [0.05, 0.1) is 42.5 Å². The van der Waals surface area contributed by atoms with E-state index < -0.39 is 5.82 Å². The van der Waals surface area contributed by atoms with Crippen molar-refractivity contribution in [3.63, 3.8) is 0 Å². The first kappa shape index (κ1) is 24.8. The Morgan fingerprint density at radius 1 is 1.29 bits per heavy atom. The third-order valence-electron chi connectivity index (χ3n) is 5.23. The quantitative estimate of drug-likeness (QED) is 0.291. The number of hydrogen-bond acceptors (Lipinski definition) is 6. The molecule has 0 saturated heterocycles. The second-order valence-electron chi connectivity index (χ2n) is 7.26. The van der Waals surface area contributed by atoms with E-state index in [0.717, 1.165) is 24.8 Å². The Morgan fingerprint density at radius 2 is 2.12 bits per heavy atom. The standard InChI is InChI=1S/C24H25FN4O3.CH4O/c1-3-4-5-13-32-19-14-26-11-9-15(19)21-22(20-17(28-21)10-12-27-24(20)30)29-18-8-6-7-16(25)23(18)31-2;1-2/h3-4,6-9,11,14,28-29H,5,10,12-13H2,1-2H3,(H,27,30);2H,1H3/b4-3+;. The predicted molar refractivity (Wildman–Crippen MR) is 129 cm³/mol. The number of pyridine rings is 1. The summed E-state index contributed by atoms with van der Waals surface area (Å²) in [6.07, 6.45) is 8.73. The molecule has 0 spiro atoms. The summed E-state index contributed by atoms with van der Waals surface area (Å²) in [5.41, 5.74) is 3.67. The molecule has 1 aliphatic heterocycles. The summed E-state index contributed by atoms with van der Waals surface area (Å²) in [7, 11) is 2.41. The molecule has 1 amide bonds. The topological polar surface area (TPSA) is 109 Å². The summed E-state index contributed by atoms with van der Waals surface area (Å²) in [4.78, 5) is 20.3. The Kier molecular flexibility index (Phi) is 8.64. The first-order chi connectivity index (χ1) is 16.6. The highest BCUT2D eigenvalue weighted by Gasteiger charge is 2.28. The van der Waals surface area contributed by atoms with Gasteiger partial charge in [0.2, 0.25) is 0 Å². The molecule has 0 atom stereocenters. The van der Waals surface area contributed by atoms with Gasteiger partial charge in [-0.1, -0.05) is 18.2 Å². The molecule has 180 valence electrons. The molecule has 8 nitrogen and oxygen atoms in total. The Labute approximate surface area is 197 Å². The number of anilines is 2. The van der Waals surface area contributed by atoms with E-state index in [1.54, 1.807) is 24.5 Å². The Hall–Kier alpha value is -3.85. The van der Waals surface area contributed by atoms with Crippen LogP contribution in [0.4, 0.5) is 15.8 Å². The molecule has 9 heteroatoms. The lowest BCUT2D eigenvalue weighted by Gasteiger charge is -2.17. The van der Waals surface area contributed by atoms with Gasteiger partial charge in [0.15, 0.2) is 11.6 Å². The maximum Gasteiger partial charge on any atom is 0.255 e. The number of ether oxygens (including phenoxy) is 2. The fraction of sp³-hybridized carbons (Fsp3) is 0.280. The summed E-state index contributed by atoms with van der Waals surface area (Å²) in [6.45, 7) is 2.99. The van der Waals surface area contributed by atoms with E-state index in [-0.39, 0.29) is 11.7 Å². The number of aromatic nitrogens is 2. The number of fused-ring (bicyclic) bond motifs is 1. The van der Waals surface area contributed by atoms with E-state index in [4.69, 9.17) is 14.6 Å². The van der Waals surface area contributed by atoms with E-state index in [1.165, 1.54) is 13.2 Å². The van der Waals surface area contributed by atoms with Crippen LogP contribution in [0, 0.1) is 5.82 Å². The molecular formula is C25H29FN4O4. The lowest BCUT2D eigenvalue weighted by Crippen LogP contribution is -2.31. The Balaban J connectivity index is 0.00000158. The fourth-order valence-electron chi connectivity index (χ4n) is 3.76. The maximum atomic E-state index is 14.3. The van der Waals surface area contributed by atoms with Crippen LogP contribution in [-0.4, -0.2) is 48.4 Å². The molecule has 1 aromatic carbocycles. The maximum absolute atomic E-state index is 14.3. The average Bonchev–Trinajstić information content (AvgIpc) is 3.23. The summed E-state index contributed by atoms with van der Waals surface area (Å²) < 4.78 is 25.5. The minimum Gasteiger partial charge on any atom is -0.492 e. The van der Waals surface area contributed by atoms with Crippen molar-refractivity contribution in [1.29, 1.82) is 0 Å². The highest BCUT2D eigenvalue weighted by molar-refractivity contribution is 6.06. The Morgan fingerprint density at radius 3 is 2.88 bits per heavy atom. The van der Waals surface area contributed by atoms with Gasteiger partial charge in [0.25, 0.3) is 5.91 Å². The number of nitrogens with one attached hydrogen (secondary N) is 3. The molecule has 4 rings (SSSR count). The number of aliphatic hydroxyl groups is 1. The zero-order chi connectivity index (χ0) is 24.5. The van der Waals surface area contributed by atoms with Crippen molar-refractivity contribution in [3.8, 4) is 22.8 Å². The number of rotatable bonds is 8. The molecule has 3 aromatic rings. The normalized spacial score (nSPS) is 12.4. The van der Waals surface area contributed by atoms with Crippen molar-refractivity contribution >= 4 is 17.3 Å². The van der Waals surface area contributed by atoms with Gasteiger partial charge in [0.1, 0.15) is 5.75 Å². The lowest BCUT2D eigenvalue weighted by molar-refractivity contribution is 0.0947. The molecule has 1 aliphatic rings. The summed E-state index contributed by atoms with van der Waals surface area (Å²) >= 11 is 0. The van der Waals surface area contributed by atoms with E-state index in [9.17, 15) is 9.18 Å². The van der Waals surface area contributed by atoms with Crippen LogP contribution in [0.1, 0.15) is 29.4 Å². The smallest absolute Gasteiger partial charge is 0.255 e. The number of aliphatic hydroxyl groups excluding tert-OH is 1. The predicted octanol–water partition coefficient (Wildman–Crippen LogP) is 4.21. The average molecular weight is 469 g/mol. The van der Waals surface area contributed by atoms with Gasteiger partial charge in [-0.25, -0.2) is 4.39 Å². The van der Waals surface area contributed by atoms with Crippen LogP contribution in [0.2, 0.25) is 0 Å². The van der Waals surface area contributed by atoms with Gasteiger partial charge >= 0.3 is 0 Å². The summed E-state index contributed by atoms with van der Waals surface area (Å²) in [5, 5.41) is 13.1. The van der Waals surface area contributed by atoms with Crippen molar-refractivity contribution in [2.24, 2.45) is 0 Å². The molecule has 3 heterocycles. The van der Waals surface area contributed by atoms with Gasteiger partial charge in [-0.2, -0.15) is 0 Å². The Bertz CT molecular complexity index is 1160. The summed E-state index contributed by atoms with van der Waals surface area (Å²) in [6, 6.07) is 6.44. The number of carbonyl (C=O) groups is 1. The van der Waals surface area contributed by atoms with E-state index >= 15 is 0 Å². The highest BCUT2D eigenvalue weighted by atomic mass is 19.1. The third-order valence-corrected chi connectivity index (χ3v) is 5.23. The largest absolute Gasteiger partial charge is 0.492 e. The molecule has 34 heavy (non-hydrogen) atoms. The molecular weight excluding hydrogens is 439 g/mol. The van der Waals surface area contributed by atoms with Crippen LogP contribution in [0.25, 0.3) is 11.3 Å². The monoisotopic (exact) mass is 468 g/mol. The van der Waals surface area contributed by atoms with Crippen LogP contribution < -0.4 is 20.1 Å². The van der Waals surface area contributed by atoms with Gasteiger partial charge in [-0.3, -0.25) is 9.78 Å². The van der Waals surface area contributed by atoms with Crippen molar-refractivity contribution in [1.82, 2.24) is 15.3 Å². The molecule has 0 fully saturated rings. The van der Waals surface area contributed by atoms with Crippen LogP contribution in [0.15, 0.2) is 48.8 Å². The minimum absolute atomic E-state index is 0.0715. The minimum atomic E-state index is -0.496. The molecule has 4 N–H and O–H groups in total. The van der Waals surface area contributed by atoms with E-state index in [2.05, 4.69) is 20.6 Å². The highest BCUT2D eigenvalue weighted by Crippen LogP contribution is 2.41. The number of halogens is 1. The first-order valence-corrected chi connectivity index (χ1v) is 10.9. The number of methoxy groups -OCH3 is 1. The number of carbonyl (C=O) groups excluding carboxylic acids is 1. The number of aromatic amines is 1. The SMILES string of the molecule is C/C=C/CCOc1cnccc1-c1[nH]c2c(c1Nc1cccc(F)c1OC)C(=O)NCC2.CO. The number of benzene rings is 1. The van der Waals surface area contributed by atoms with Gasteiger partial charge < -0.3 is 30.2 Å². The van der Waals surface area contributed by atoms with Crippen LogP contribution in [0.5, 0.6) is 11.5 Å². The summed E-state index contributed by atoms with van der Waals surface area (Å²) in [5.74, 6) is -0.0338. The second-order valence-corrected chi connectivity index (χ2v) is 7.26. The zero-order valence-electron chi connectivity index (χ0n) is 19.4. The third kappa shape index (κ3) is 5.20. The molecule has 2 aromatic heterocycles. The fourth-order valence-corrected chi connectivity index (χ4v) is 3.76. The van der Waals surface area contributed by atoms with Crippen molar-refractivity contribution in [2.45, 2.75) is 19.8 Å². The van der Waals surface area contributed by atoms with E-state index in [1.807, 2.05) is 25.1 Å². The van der Waals surface area contributed by atoms with Crippen LogP contribution in [-0.2, 0) is 6.42 Å².